The molecule has 0 radical (unpaired) electrons. The SMILES string of the molecule is OCCCC(O)(Cc1ccccc1)Cc1ccccc1. The molecule has 0 bridgehead atoms. The van der Waals surface area contributed by atoms with Gasteiger partial charge in [0, 0.05) is 19.4 Å². The predicted molar refractivity (Wildman–Crippen MR) is 81.6 cm³/mol. The van der Waals surface area contributed by atoms with Crippen LogP contribution in [-0.4, -0.2) is 22.4 Å². The summed E-state index contributed by atoms with van der Waals surface area (Å²) < 4.78 is 0. The summed E-state index contributed by atoms with van der Waals surface area (Å²) in [6, 6.07) is 20.1. The third-order valence-corrected chi connectivity index (χ3v) is 3.55. The monoisotopic (exact) mass is 270 g/mol. The molecule has 2 N–H and O–H groups in total. The molecular formula is C18H22O2. The zero-order chi connectivity index (χ0) is 14.3. The molecule has 0 saturated carbocycles. The highest BCUT2D eigenvalue weighted by Gasteiger charge is 2.27. The Hall–Kier alpha value is -1.64. The molecule has 0 aliphatic carbocycles. The Morgan fingerprint density at radius 2 is 1.20 bits per heavy atom. The molecule has 0 amide bonds. The van der Waals surface area contributed by atoms with Gasteiger partial charge in [0.15, 0.2) is 0 Å². The number of hydrogen-bond acceptors (Lipinski definition) is 2. The predicted octanol–water partition coefficient (Wildman–Crippen LogP) is 2.98. The number of aliphatic hydroxyl groups is 2. The smallest absolute Gasteiger partial charge is 0.0728 e. The van der Waals surface area contributed by atoms with Crippen molar-refractivity contribution in [3.63, 3.8) is 0 Å². The van der Waals surface area contributed by atoms with Gasteiger partial charge < -0.3 is 10.2 Å². The van der Waals surface area contributed by atoms with Gasteiger partial charge in [0.25, 0.3) is 0 Å². The minimum atomic E-state index is -0.800. The maximum absolute atomic E-state index is 10.9. The molecule has 0 aromatic heterocycles. The Labute approximate surface area is 120 Å². The van der Waals surface area contributed by atoms with Gasteiger partial charge in [-0.3, -0.25) is 0 Å². The summed E-state index contributed by atoms with van der Waals surface area (Å²) in [4.78, 5) is 0. The summed E-state index contributed by atoms with van der Waals surface area (Å²) in [7, 11) is 0. The second-order valence-electron chi connectivity index (χ2n) is 5.38. The summed E-state index contributed by atoms with van der Waals surface area (Å²) in [6.45, 7) is 0.117. The van der Waals surface area contributed by atoms with Gasteiger partial charge in [0.05, 0.1) is 5.60 Å². The number of benzene rings is 2. The number of aliphatic hydroxyl groups excluding tert-OH is 1. The molecule has 2 nitrogen and oxygen atoms in total. The van der Waals surface area contributed by atoms with Crippen LogP contribution in [-0.2, 0) is 12.8 Å². The highest BCUT2D eigenvalue weighted by Crippen LogP contribution is 2.24. The van der Waals surface area contributed by atoms with E-state index in [1.165, 1.54) is 0 Å². The van der Waals surface area contributed by atoms with E-state index >= 15 is 0 Å². The van der Waals surface area contributed by atoms with Gasteiger partial charge in [-0.1, -0.05) is 60.7 Å². The van der Waals surface area contributed by atoms with Crippen molar-refractivity contribution in [2.24, 2.45) is 0 Å². The molecule has 0 atom stereocenters. The molecule has 0 spiro atoms. The molecule has 0 aliphatic heterocycles. The lowest BCUT2D eigenvalue weighted by molar-refractivity contribution is 0.0255. The fraction of sp³-hybridized carbons (Fsp3) is 0.333. The van der Waals surface area contributed by atoms with Crippen LogP contribution in [0.3, 0.4) is 0 Å². The van der Waals surface area contributed by atoms with Crippen molar-refractivity contribution in [3.8, 4) is 0 Å². The topological polar surface area (TPSA) is 40.5 Å². The lowest BCUT2D eigenvalue weighted by Crippen LogP contribution is -2.34. The lowest BCUT2D eigenvalue weighted by atomic mass is 9.84. The molecule has 2 aromatic carbocycles. The molecule has 2 heteroatoms. The van der Waals surface area contributed by atoms with Gasteiger partial charge in [-0.15, -0.1) is 0 Å². The highest BCUT2D eigenvalue weighted by atomic mass is 16.3. The van der Waals surface area contributed by atoms with Crippen LogP contribution in [0.1, 0.15) is 24.0 Å². The summed E-state index contributed by atoms with van der Waals surface area (Å²) in [5, 5.41) is 20.0. The average molecular weight is 270 g/mol. The minimum absolute atomic E-state index is 0.117. The quantitative estimate of drug-likeness (QED) is 0.812. The average Bonchev–Trinajstić information content (AvgIpc) is 2.47. The first-order chi connectivity index (χ1) is 9.72. The summed E-state index contributed by atoms with van der Waals surface area (Å²) in [6.07, 6.45) is 2.45. The molecule has 2 aromatic rings. The van der Waals surface area contributed by atoms with E-state index < -0.39 is 5.60 Å². The van der Waals surface area contributed by atoms with Gasteiger partial charge in [-0.05, 0) is 24.0 Å². The van der Waals surface area contributed by atoms with Gasteiger partial charge in [0.2, 0.25) is 0 Å². The number of hydrogen-bond donors (Lipinski definition) is 2. The fourth-order valence-electron chi connectivity index (χ4n) is 2.60. The van der Waals surface area contributed by atoms with Gasteiger partial charge in [-0.2, -0.15) is 0 Å². The molecule has 106 valence electrons. The van der Waals surface area contributed by atoms with E-state index in [1.54, 1.807) is 0 Å². The normalized spacial score (nSPS) is 11.5. The third kappa shape index (κ3) is 4.48. The second-order valence-corrected chi connectivity index (χ2v) is 5.38. The van der Waals surface area contributed by atoms with Crippen molar-refractivity contribution < 1.29 is 10.2 Å². The Morgan fingerprint density at radius 3 is 1.60 bits per heavy atom. The second kappa shape index (κ2) is 7.22. The van der Waals surface area contributed by atoms with Crippen molar-refractivity contribution in [2.75, 3.05) is 6.61 Å². The Balaban J connectivity index is 2.12. The first kappa shape index (κ1) is 14.8. The van der Waals surface area contributed by atoms with Crippen LogP contribution in [0, 0.1) is 0 Å². The van der Waals surface area contributed by atoms with E-state index in [1.807, 2.05) is 60.7 Å². The Kier molecular flexibility index (Phi) is 5.33. The van der Waals surface area contributed by atoms with Crippen LogP contribution in [0.4, 0.5) is 0 Å². The van der Waals surface area contributed by atoms with E-state index in [0.29, 0.717) is 25.7 Å². The highest BCUT2D eigenvalue weighted by molar-refractivity contribution is 5.21. The summed E-state index contributed by atoms with van der Waals surface area (Å²) >= 11 is 0. The van der Waals surface area contributed by atoms with Crippen molar-refractivity contribution >= 4 is 0 Å². The van der Waals surface area contributed by atoms with Crippen molar-refractivity contribution in [3.05, 3.63) is 71.8 Å². The van der Waals surface area contributed by atoms with E-state index in [9.17, 15) is 5.11 Å². The molecular weight excluding hydrogens is 248 g/mol. The van der Waals surface area contributed by atoms with Crippen LogP contribution >= 0.6 is 0 Å². The molecule has 20 heavy (non-hydrogen) atoms. The third-order valence-electron chi connectivity index (χ3n) is 3.55. The minimum Gasteiger partial charge on any atom is -0.396 e. The van der Waals surface area contributed by atoms with Crippen molar-refractivity contribution in [1.82, 2.24) is 0 Å². The molecule has 0 heterocycles. The molecule has 0 fully saturated rings. The standard InChI is InChI=1S/C18H22O2/c19-13-7-12-18(20,14-16-8-3-1-4-9-16)15-17-10-5-2-6-11-17/h1-6,8-11,19-20H,7,12-15H2. The summed E-state index contributed by atoms with van der Waals surface area (Å²) in [5.41, 5.74) is 1.46. The van der Waals surface area contributed by atoms with Crippen molar-refractivity contribution in [2.45, 2.75) is 31.3 Å². The van der Waals surface area contributed by atoms with E-state index in [4.69, 9.17) is 5.11 Å². The number of rotatable bonds is 7. The maximum atomic E-state index is 10.9. The van der Waals surface area contributed by atoms with Crippen LogP contribution in [0.15, 0.2) is 60.7 Å². The molecule has 2 rings (SSSR count). The fourth-order valence-corrected chi connectivity index (χ4v) is 2.60. The Morgan fingerprint density at radius 1 is 0.750 bits per heavy atom. The van der Waals surface area contributed by atoms with Gasteiger partial charge in [0.1, 0.15) is 0 Å². The first-order valence-electron chi connectivity index (χ1n) is 7.13. The van der Waals surface area contributed by atoms with E-state index in [-0.39, 0.29) is 6.61 Å². The van der Waals surface area contributed by atoms with Gasteiger partial charge in [-0.25, -0.2) is 0 Å². The van der Waals surface area contributed by atoms with Crippen LogP contribution in [0.25, 0.3) is 0 Å². The first-order valence-corrected chi connectivity index (χ1v) is 7.13. The van der Waals surface area contributed by atoms with Crippen LogP contribution in [0.2, 0.25) is 0 Å². The molecule has 0 saturated heterocycles. The van der Waals surface area contributed by atoms with Crippen molar-refractivity contribution in [1.29, 1.82) is 0 Å². The van der Waals surface area contributed by atoms with Crippen LogP contribution < -0.4 is 0 Å². The molecule has 0 aliphatic rings. The summed E-state index contributed by atoms with van der Waals surface area (Å²) in [5.74, 6) is 0. The lowest BCUT2D eigenvalue weighted by Gasteiger charge is -2.28. The van der Waals surface area contributed by atoms with E-state index in [2.05, 4.69) is 0 Å². The maximum Gasteiger partial charge on any atom is 0.0728 e. The van der Waals surface area contributed by atoms with E-state index in [0.717, 1.165) is 11.1 Å². The largest absolute Gasteiger partial charge is 0.396 e. The molecule has 0 unspecified atom stereocenters. The zero-order valence-electron chi connectivity index (χ0n) is 11.7. The Bertz CT molecular complexity index is 452. The van der Waals surface area contributed by atoms with Gasteiger partial charge >= 0.3 is 0 Å². The van der Waals surface area contributed by atoms with Crippen LogP contribution in [0.5, 0.6) is 0 Å². The zero-order valence-corrected chi connectivity index (χ0v) is 11.7.